The second kappa shape index (κ2) is 9.37. The predicted octanol–water partition coefficient (Wildman–Crippen LogP) is 2.70. The van der Waals surface area contributed by atoms with E-state index in [9.17, 15) is 19.5 Å². The Bertz CT molecular complexity index is 367. The molecule has 0 rings (SSSR count). The highest BCUT2D eigenvalue weighted by molar-refractivity contribution is 5.90. The molecule has 2 atom stereocenters. The van der Waals surface area contributed by atoms with Gasteiger partial charge in [-0.15, -0.1) is 0 Å². The quantitative estimate of drug-likeness (QED) is 0.662. The number of hydrogen-bond donors (Lipinski definition) is 1. The molecular formula is C15H27NO5. The fourth-order valence-electron chi connectivity index (χ4n) is 2.42. The Morgan fingerprint density at radius 2 is 1.71 bits per heavy atom. The second-order valence-electron chi connectivity index (χ2n) is 5.42. The van der Waals surface area contributed by atoms with Crippen LogP contribution >= 0.6 is 0 Å². The minimum absolute atomic E-state index is 0.142. The molecule has 0 aromatic rings. The number of hydrogen-bond acceptors (Lipinski definition) is 4. The molecule has 6 heteroatoms. The average molecular weight is 301 g/mol. The third-order valence-electron chi connectivity index (χ3n) is 3.36. The number of rotatable bonds is 9. The number of carbonyl (C=O) groups is 3. The summed E-state index contributed by atoms with van der Waals surface area (Å²) in [7, 11) is 1.22. The van der Waals surface area contributed by atoms with Crippen molar-refractivity contribution >= 4 is 17.8 Å². The fourth-order valence-corrected chi connectivity index (χ4v) is 2.42. The minimum Gasteiger partial charge on any atom is -0.467 e. The number of esters is 1. The summed E-state index contributed by atoms with van der Waals surface area (Å²) in [6.07, 6.45) is 0.765. The van der Waals surface area contributed by atoms with E-state index in [4.69, 9.17) is 4.74 Å². The van der Waals surface area contributed by atoms with Crippen LogP contribution in [0.1, 0.15) is 53.4 Å². The van der Waals surface area contributed by atoms with Crippen molar-refractivity contribution in [2.24, 2.45) is 5.92 Å². The molecule has 0 saturated carbocycles. The van der Waals surface area contributed by atoms with Crippen LogP contribution in [0.5, 0.6) is 0 Å². The van der Waals surface area contributed by atoms with E-state index in [-0.39, 0.29) is 11.7 Å². The summed E-state index contributed by atoms with van der Waals surface area (Å²) in [5, 5.41) is 9.52. The lowest BCUT2D eigenvalue weighted by Crippen LogP contribution is -2.55. The van der Waals surface area contributed by atoms with E-state index in [1.807, 2.05) is 13.8 Å². The molecule has 6 nitrogen and oxygen atoms in total. The Balaban J connectivity index is 5.61. The van der Waals surface area contributed by atoms with Crippen LogP contribution in [0.3, 0.4) is 0 Å². The second-order valence-corrected chi connectivity index (χ2v) is 5.42. The molecule has 0 radical (unpaired) electrons. The molecule has 21 heavy (non-hydrogen) atoms. The maximum Gasteiger partial charge on any atom is 0.408 e. The Morgan fingerprint density at radius 3 is 2.05 bits per heavy atom. The molecule has 0 aliphatic carbocycles. The van der Waals surface area contributed by atoms with Gasteiger partial charge in [0.15, 0.2) is 5.78 Å². The van der Waals surface area contributed by atoms with Gasteiger partial charge in [-0.25, -0.2) is 9.59 Å². The fraction of sp³-hybridized carbons (Fsp3) is 0.800. The molecule has 0 saturated heterocycles. The number of methoxy groups -OCH3 is 1. The summed E-state index contributed by atoms with van der Waals surface area (Å²) in [5.74, 6) is -1.04. The van der Waals surface area contributed by atoms with Crippen LogP contribution in [0.2, 0.25) is 0 Å². The number of Topliss-reactive ketones (excluding diaryl/α,β-unsaturated/α-hetero) is 1. The SMILES string of the molecule is CCCC(=O)C(CCC)N(C(=O)O)C(C(=O)OC)C(C)C. The Hall–Kier alpha value is -1.59. The topological polar surface area (TPSA) is 83.9 Å². The molecule has 0 aliphatic rings. The van der Waals surface area contributed by atoms with Crippen LogP contribution in [0.4, 0.5) is 4.79 Å². The highest BCUT2D eigenvalue weighted by Gasteiger charge is 2.40. The third kappa shape index (κ3) is 5.36. The molecule has 0 heterocycles. The first kappa shape index (κ1) is 19.4. The van der Waals surface area contributed by atoms with Crippen LogP contribution in [0.25, 0.3) is 0 Å². The molecule has 0 aromatic heterocycles. The molecule has 2 unspecified atom stereocenters. The van der Waals surface area contributed by atoms with Crippen molar-refractivity contribution in [3.05, 3.63) is 0 Å². The summed E-state index contributed by atoms with van der Waals surface area (Å²) in [4.78, 5) is 36.9. The van der Waals surface area contributed by atoms with Crippen molar-refractivity contribution < 1.29 is 24.2 Å². The molecule has 1 amide bonds. The zero-order valence-corrected chi connectivity index (χ0v) is 13.6. The van der Waals surface area contributed by atoms with Gasteiger partial charge >= 0.3 is 12.1 Å². The number of ketones is 1. The number of carboxylic acid groups (broad SMARTS) is 1. The maximum absolute atomic E-state index is 12.3. The standard InChI is InChI=1S/C15H27NO5/c1-6-8-11(12(17)9-7-2)16(15(19)20)13(10(3)4)14(18)21-5/h10-11,13H,6-9H2,1-5H3,(H,19,20). The van der Waals surface area contributed by atoms with Crippen molar-refractivity contribution in [3.63, 3.8) is 0 Å². The van der Waals surface area contributed by atoms with Crippen molar-refractivity contribution in [1.29, 1.82) is 0 Å². The first-order chi connectivity index (χ1) is 9.81. The van der Waals surface area contributed by atoms with E-state index in [2.05, 4.69) is 0 Å². The molecule has 0 bridgehead atoms. The van der Waals surface area contributed by atoms with Gasteiger partial charge in [0.2, 0.25) is 0 Å². The van der Waals surface area contributed by atoms with Gasteiger partial charge in [0.1, 0.15) is 6.04 Å². The van der Waals surface area contributed by atoms with Crippen molar-refractivity contribution in [3.8, 4) is 0 Å². The number of amides is 1. The summed E-state index contributed by atoms with van der Waals surface area (Å²) < 4.78 is 4.72. The van der Waals surface area contributed by atoms with E-state index in [1.165, 1.54) is 7.11 Å². The van der Waals surface area contributed by atoms with Crippen LogP contribution in [-0.4, -0.2) is 47.0 Å². The number of ether oxygens (including phenoxy) is 1. The van der Waals surface area contributed by atoms with Gasteiger partial charge in [-0.3, -0.25) is 9.69 Å². The normalized spacial score (nSPS) is 13.6. The monoisotopic (exact) mass is 301 g/mol. The average Bonchev–Trinajstić information content (AvgIpc) is 2.41. The van der Waals surface area contributed by atoms with Crippen molar-refractivity contribution in [2.75, 3.05) is 7.11 Å². The molecular weight excluding hydrogens is 274 g/mol. The molecule has 122 valence electrons. The van der Waals surface area contributed by atoms with E-state index in [1.54, 1.807) is 13.8 Å². The van der Waals surface area contributed by atoms with E-state index in [0.29, 0.717) is 25.7 Å². The largest absolute Gasteiger partial charge is 0.467 e. The highest BCUT2D eigenvalue weighted by atomic mass is 16.5. The van der Waals surface area contributed by atoms with E-state index >= 15 is 0 Å². The summed E-state index contributed by atoms with van der Waals surface area (Å²) in [6, 6.07) is -1.76. The molecule has 0 aromatic carbocycles. The van der Waals surface area contributed by atoms with Crippen molar-refractivity contribution in [2.45, 2.75) is 65.5 Å². The zero-order valence-electron chi connectivity index (χ0n) is 13.6. The Morgan fingerprint density at radius 1 is 1.14 bits per heavy atom. The third-order valence-corrected chi connectivity index (χ3v) is 3.36. The zero-order chi connectivity index (χ0) is 16.6. The Kier molecular flexibility index (Phi) is 8.66. The smallest absolute Gasteiger partial charge is 0.408 e. The van der Waals surface area contributed by atoms with Crippen LogP contribution in [0, 0.1) is 5.92 Å². The van der Waals surface area contributed by atoms with Crippen LogP contribution in [0.15, 0.2) is 0 Å². The van der Waals surface area contributed by atoms with Gasteiger partial charge in [-0.05, 0) is 18.8 Å². The van der Waals surface area contributed by atoms with Crippen LogP contribution < -0.4 is 0 Å². The van der Waals surface area contributed by atoms with Gasteiger partial charge in [-0.1, -0.05) is 34.1 Å². The maximum atomic E-state index is 12.3. The molecule has 1 N–H and O–H groups in total. The Labute approximate surface area is 126 Å². The van der Waals surface area contributed by atoms with E-state index < -0.39 is 24.1 Å². The molecule has 0 aliphatic heterocycles. The summed E-state index contributed by atoms with van der Waals surface area (Å²) >= 11 is 0. The summed E-state index contributed by atoms with van der Waals surface area (Å²) in [6.45, 7) is 7.23. The summed E-state index contributed by atoms with van der Waals surface area (Å²) in [5.41, 5.74) is 0. The minimum atomic E-state index is -1.26. The number of nitrogens with zero attached hydrogens (tertiary/aromatic N) is 1. The van der Waals surface area contributed by atoms with Gasteiger partial charge in [-0.2, -0.15) is 0 Å². The van der Waals surface area contributed by atoms with Gasteiger partial charge < -0.3 is 9.84 Å². The lowest BCUT2D eigenvalue weighted by molar-refractivity contribution is -0.149. The first-order valence-corrected chi connectivity index (χ1v) is 7.43. The highest BCUT2D eigenvalue weighted by Crippen LogP contribution is 2.21. The van der Waals surface area contributed by atoms with Crippen LogP contribution in [-0.2, 0) is 14.3 Å². The first-order valence-electron chi connectivity index (χ1n) is 7.43. The van der Waals surface area contributed by atoms with Gasteiger partial charge in [0.25, 0.3) is 0 Å². The number of carbonyl (C=O) groups excluding carboxylic acids is 2. The van der Waals surface area contributed by atoms with Crippen molar-refractivity contribution in [1.82, 2.24) is 4.90 Å². The lowest BCUT2D eigenvalue weighted by Gasteiger charge is -2.35. The van der Waals surface area contributed by atoms with Gasteiger partial charge in [0, 0.05) is 6.42 Å². The van der Waals surface area contributed by atoms with Gasteiger partial charge in [0.05, 0.1) is 13.2 Å². The lowest BCUT2D eigenvalue weighted by atomic mass is 9.96. The predicted molar refractivity (Wildman–Crippen MR) is 79.1 cm³/mol. The van der Waals surface area contributed by atoms with E-state index in [0.717, 1.165) is 4.90 Å². The molecule has 0 fully saturated rings. The molecule has 0 spiro atoms.